The van der Waals surface area contributed by atoms with E-state index >= 15 is 0 Å². The molecular formula is C18H27NO3. The number of carbonyl (C=O) groups is 2. The molecule has 22 heavy (non-hydrogen) atoms. The highest BCUT2D eigenvalue weighted by Crippen LogP contribution is 2.12. The van der Waals surface area contributed by atoms with E-state index in [2.05, 4.69) is 38.1 Å². The summed E-state index contributed by atoms with van der Waals surface area (Å²) in [5.41, 5.74) is 2.59. The van der Waals surface area contributed by atoms with Gasteiger partial charge in [-0.1, -0.05) is 38.1 Å². The first-order valence-corrected chi connectivity index (χ1v) is 7.92. The van der Waals surface area contributed by atoms with Gasteiger partial charge in [0, 0.05) is 20.0 Å². The Morgan fingerprint density at radius 3 is 2.23 bits per heavy atom. The Morgan fingerprint density at radius 2 is 1.68 bits per heavy atom. The molecule has 122 valence electrons. The molecule has 4 nitrogen and oxygen atoms in total. The van der Waals surface area contributed by atoms with Gasteiger partial charge in [0.2, 0.25) is 5.91 Å². The van der Waals surface area contributed by atoms with Gasteiger partial charge in [0.25, 0.3) is 0 Å². The molecular weight excluding hydrogens is 278 g/mol. The van der Waals surface area contributed by atoms with Crippen LogP contribution >= 0.6 is 0 Å². The standard InChI is InChI=1S/C18H27NO3/c1-14(2)13-16-9-7-15(8-10-16)5-4-6-17(20)19(3)12-11-18(21)22/h7-10,14H,4-6,11-13H2,1-3H3,(H,21,22). The summed E-state index contributed by atoms with van der Waals surface area (Å²) >= 11 is 0. The van der Waals surface area contributed by atoms with E-state index in [4.69, 9.17) is 5.11 Å². The number of amides is 1. The molecule has 0 aliphatic carbocycles. The zero-order valence-corrected chi connectivity index (χ0v) is 13.8. The smallest absolute Gasteiger partial charge is 0.305 e. The Morgan fingerprint density at radius 1 is 1.09 bits per heavy atom. The van der Waals surface area contributed by atoms with E-state index in [0.717, 1.165) is 19.3 Å². The van der Waals surface area contributed by atoms with Crippen LogP contribution in [0.4, 0.5) is 0 Å². The molecule has 4 heteroatoms. The number of hydrogen-bond acceptors (Lipinski definition) is 2. The summed E-state index contributed by atoms with van der Waals surface area (Å²) in [6.07, 6.45) is 3.22. The molecule has 0 saturated heterocycles. The second kappa shape index (κ2) is 9.23. The summed E-state index contributed by atoms with van der Waals surface area (Å²) in [6.45, 7) is 4.69. The zero-order chi connectivity index (χ0) is 16.5. The fourth-order valence-electron chi connectivity index (χ4n) is 2.34. The second-order valence-electron chi connectivity index (χ2n) is 6.23. The summed E-state index contributed by atoms with van der Waals surface area (Å²) in [5, 5.41) is 8.61. The van der Waals surface area contributed by atoms with Crippen LogP contribution in [0.1, 0.15) is 44.2 Å². The predicted octanol–water partition coefficient (Wildman–Crippen LogP) is 3.14. The molecule has 0 unspecified atom stereocenters. The molecule has 0 atom stereocenters. The molecule has 0 bridgehead atoms. The molecule has 1 amide bonds. The molecule has 0 radical (unpaired) electrons. The van der Waals surface area contributed by atoms with Gasteiger partial charge in [0.15, 0.2) is 0 Å². The van der Waals surface area contributed by atoms with Crippen molar-refractivity contribution in [3.63, 3.8) is 0 Å². The zero-order valence-electron chi connectivity index (χ0n) is 13.8. The number of aryl methyl sites for hydroxylation is 1. The monoisotopic (exact) mass is 305 g/mol. The number of carbonyl (C=O) groups excluding carboxylic acids is 1. The van der Waals surface area contributed by atoms with Gasteiger partial charge in [0.05, 0.1) is 6.42 Å². The van der Waals surface area contributed by atoms with Gasteiger partial charge in [-0.25, -0.2) is 0 Å². The number of hydrogen-bond donors (Lipinski definition) is 1. The van der Waals surface area contributed by atoms with Crippen LogP contribution in [0.5, 0.6) is 0 Å². The molecule has 0 aromatic heterocycles. The lowest BCUT2D eigenvalue weighted by molar-refractivity contribution is -0.138. The lowest BCUT2D eigenvalue weighted by Gasteiger charge is -2.15. The predicted molar refractivity (Wildman–Crippen MR) is 87.8 cm³/mol. The third-order valence-corrected chi connectivity index (χ3v) is 3.61. The third kappa shape index (κ3) is 7.25. The minimum atomic E-state index is -0.874. The number of aliphatic carboxylic acids is 1. The van der Waals surface area contributed by atoms with E-state index in [1.54, 1.807) is 7.05 Å². The van der Waals surface area contributed by atoms with Crippen LogP contribution in [0.3, 0.4) is 0 Å². The third-order valence-electron chi connectivity index (χ3n) is 3.61. The Balaban J connectivity index is 2.31. The van der Waals surface area contributed by atoms with E-state index in [-0.39, 0.29) is 18.9 Å². The van der Waals surface area contributed by atoms with Gasteiger partial charge in [-0.05, 0) is 36.3 Å². The Kier molecular flexibility index (Phi) is 7.64. The lowest BCUT2D eigenvalue weighted by Crippen LogP contribution is -2.28. The maximum Gasteiger partial charge on any atom is 0.305 e. The van der Waals surface area contributed by atoms with Gasteiger partial charge < -0.3 is 10.0 Å². The van der Waals surface area contributed by atoms with Crippen LogP contribution in [0.2, 0.25) is 0 Å². The number of carboxylic acid groups (broad SMARTS) is 1. The van der Waals surface area contributed by atoms with Gasteiger partial charge in [-0.15, -0.1) is 0 Å². The minimum absolute atomic E-state index is 0.000443. The Labute approximate surface area is 133 Å². The van der Waals surface area contributed by atoms with Crippen molar-refractivity contribution in [2.45, 2.75) is 46.0 Å². The molecule has 1 aromatic carbocycles. The van der Waals surface area contributed by atoms with Crippen molar-refractivity contribution in [2.24, 2.45) is 5.92 Å². The van der Waals surface area contributed by atoms with Gasteiger partial charge in [0.1, 0.15) is 0 Å². The van der Waals surface area contributed by atoms with Gasteiger partial charge in [-0.2, -0.15) is 0 Å². The van der Waals surface area contributed by atoms with Crippen LogP contribution in [0.25, 0.3) is 0 Å². The van der Waals surface area contributed by atoms with Crippen molar-refractivity contribution in [2.75, 3.05) is 13.6 Å². The van der Waals surface area contributed by atoms with E-state index in [9.17, 15) is 9.59 Å². The maximum atomic E-state index is 11.9. The van der Waals surface area contributed by atoms with Crippen molar-refractivity contribution in [3.05, 3.63) is 35.4 Å². The van der Waals surface area contributed by atoms with E-state index < -0.39 is 5.97 Å². The summed E-state index contributed by atoms with van der Waals surface area (Å²) < 4.78 is 0. The average Bonchev–Trinajstić information content (AvgIpc) is 2.45. The molecule has 0 spiro atoms. The fourth-order valence-corrected chi connectivity index (χ4v) is 2.34. The molecule has 0 aliphatic rings. The quantitative estimate of drug-likeness (QED) is 0.762. The Hall–Kier alpha value is -1.84. The van der Waals surface area contributed by atoms with E-state index in [1.165, 1.54) is 16.0 Å². The van der Waals surface area contributed by atoms with Crippen LogP contribution in [0.15, 0.2) is 24.3 Å². The van der Waals surface area contributed by atoms with Crippen molar-refractivity contribution in [3.8, 4) is 0 Å². The van der Waals surface area contributed by atoms with Gasteiger partial charge >= 0.3 is 5.97 Å². The topological polar surface area (TPSA) is 57.6 Å². The molecule has 1 aromatic rings. The van der Waals surface area contributed by atoms with Crippen LogP contribution in [-0.2, 0) is 22.4 Å². The largest absolute Gasteiger partial charge is 0.481 e. The summed E-state index contributed by atoms with van der Waals surface area (Å²) in [5.74, 6) is -0.205. The highest BCUT2D eigenvalue weighted by atomic mass is 16.4. The van der Waals surface area contributed by atoms with Crippen LogP contribution < -0.4 is 0 Å². The first-order valence-electron chi connectivity index (χ1n) is 7.92. The second-order valence-corrected chi connectivity index (χ2v) is 6.23. The number of carboxylic acids is 1. The molecule has 1 N–H and O–H groups in total. The van der Waals surface area contributed by atoms with E-state index in [1.807, 2.05) is 0 Å². The molecule has 0 fully saturated rings. The minimum Gasteiger partial charge on any atom is -0.481 e. The highest BCUT2D eigenvalue weighted by Gasteiger charge is 2.10. The first-order chi connectivity index (χ1) is 10.4. The molecule has 0 heterocycles. The van der Waals surface area contributed by atoms with E-state index in [0.29, 0.717) is 12.3 Å². The van der Waals surface area contributed by atoms with Crippen LogP contribution in [0, 0.1) is 5.92 Å². The fraction of sp³-hybridized carbons (Fsp3) is 0.556. The normalized spacial score (nSPS) is 10.7. The van der Waals surface area contributed by atoms with Crippen molar-refractivity contribution in [1.82, 2.24) is 4.90 Å². The molecule has 0 aliphatic heterocycles. The van der Waals surface area contributed by atoms with Crippen molar-refractivity contribution >= 4 is 11.9 Å². The summed E-state index contributed by atoms with van der Waals surface area (Å²) in [6, 6.07) is 8.60. The first kappa shape index (κ1) is 18.2. The number of nitrogens with zero attached hydrogens (tertiary/aromatic N) is 1. The van der Waals surface area contributed by atoms with Gasteiger partial charge in [-0.3, -0.25) is 9.59 Å². The summed E-state index contributed by atoms with van der Waals surface area (Å²) in [4.78, 5) is 23.8. The van der Waals surface area contributed by atoms with Crippen LogP contribution in [-0.4, -0.2) is 35.5 Å². The Bertz CT molecular complexity index is 480. The lowest BCUT2D eigenvalue weighted by atomic mass is 10.00. The van der Waals surface area contributed by atoms with Crippen molar-refractivity contribution < 1.29 is 14.7 Å². The number of benzene rings is 1. The SMILES string of the molecule is CC(C)Cc1ccc(CCCC(=O)N(C)CCC(=O)O)cc1. The highest BCUT2D eigenvalue weighted by molar-refractivity contribution is 5.76. The molecule has 1 rings (SSSR count). The maximum absolute atomic E-state index is 11.9. The molecule has 0 saturated carbocycles. The number of rotatable bonds is 9. The van der Waals surface area contributed by atoms with Crippen molar-refractivity contribution in [1.29, 1.82) is 0 Å². The average molecular weight is 305 g/mol. The summed E-state index contributed by atoms with van der Waals surface area (Å²) in [7, 11) is 1.66.